The zero-order chi connectivity index (χ0) is 14.4. The van der Waals surface area contributed by atoms with Gasteiger partial charge in [-0.3, -0.25) is 0 Å². The van der Waals surface area contributed by atoms with Crippen LogP contribution in [0.15, 0.2) is 30.3 Å². The summed E-state index contributed by atoms with van der Waals surface area (Å²) in [6.07, 6.45) is 10.4. The molecule has 0 heterocycles. The molecule has 1 aliphatic rings. The quantitative estimate of drug-likeness (QED) is 0.705. The second kappa shape index (κ2) is 7.26. The molecule has 1 heteroatoms. The fourth-order valence-corrected chi connectivity index (χ4v) is 3.77. The highest BCUT2D eigenvalue weighted by Crippen LogP contribution is 2.47. The maximum absolute atomic E-state index is 6.69. The summed E-state index contributed by atoms with van der Waals surface area (Å²) in [6.45, 7) is 4.60. The first-order valence-corrected chi connectivity index (χ1v) is 8.54. The molecule has 1 saturated carbocycles. The first-order valence-electron chi connectivity index (χ1n) is 8.54. The zero-order valence-electron chi connectivity index (χ0n) is 13.3. The SMILES string of the molecule is CCCCC(CC)CC(N)C1(c2ccccc2)CCC1. The number of rotatable bonds is 8. The van der Waals surface area contributed by atoms with Crippen LogP contribution in [0, 0.1) is 5.92 Å². The van der Waals surface area contributed by atoms with E-state index in [0.29, 0.717) is 6.04 Å². The van der Waals surface area contributed by atoms with Gasteiger partial charge < -0.3 is 5.73 Å². The molecule has 0 spiro atoms. The predicted molar refractivity (Wildman–Crippen MR) is 87.9 cm³/mol. The maximum Gasteiger partial charge on any atom is 0.0139 e. The van der Waals surface area contributed by atoms with Gasteiger partial charge in [-0.1, -0.05) is 76.3 Å². The third kappa shape index (κ3) is 3.25. The molecule has 1 aromatic rings. The Hall–Kier alpha value is -0.820. The average molecular weight is 273 g/mol. The predicted octanol–water partition coefficient (Wildman–Crippen LogP) is 5.04. The van der Waals surface area contributed by atoms with Crippen LogP contribution in [0.25, 0.3) is 0 Å². The Morgan fingerprint density at radius 2 is 1.85 bits per heavy atom. The standard InChI is InChI=1S/C19H31N/c1-3-5-10-16(4-2)15-18(20)19(13-9-14-19)17-11-7-6-8-12-17/h6-8,11-12,16,18H,3-5,9-10,13-15,20H2,1-2H3. The van der Waals surface area contributed by atoms with Crippen molar-refractivity contribution in [1.82, 2.24) is 0 Å². The molecule has 2 atom stereocenters. The zero-order valence-corrected chi connectivity index (χ0v) is 13.3. The smallest absolute Gasteiger partial charge is 0.0139 e. The highest BCUT2D eigenvalue weighted by Gasteiger charge is 2.43. The molecule has 0 aromatic heterocycles. The first kappa shape index (κ1) is 15.6. The van der Waals surface area contributed by atoms with Gasteiger partial charge in [-0.2, -0.15) is 0 Å². The fraction of sp³-hybridized carbons (Fsp3) is 0.684. The van der Waals surface area contributed by atoms with E-state index in [2.05, 4.69) is 44.2 Å². The fourth-order valence-electron chi connectivity index (χ4n) is 3.77. The third-order valence-corrected chi connectivity index (χ3v) is 5.43. The second-order valence-corrected chi connectivity index (χ2v) is 6.63. The molecule has 0 radical (unpaired) electrons. The Balaban J connectivity index is 2.04. The van der Waals surface area contributed by atoms with Crippen molar-refractivity contribution in [2.45, 2.75) is 76.7 Å². The van der Waals surface area contributed by atoms with Crippen LogP contribution in [0.5, 0.6) is 0 Å². The van der Waals surface area contributed by atoms with Gasteiger partial charge in [-0.15, -0.1) is 0 Å². The van der Waals surface area contributed by atoms with E-state index in [0.717, 1.165) is 5.92 Å². The highest BCUT2D eigenvalue weighted by molar-refractivity contribution is 5.30. The van der Waals surface area contributed by atoms with E-state index in [9.17, 15) is 0 Å². The Kier molecular flexibility index (Phi) is 5.65. The third-order valence-electron chi connectivity index (χ3n) is 5.43. The summed E-state index contributed by atoms with van der Waals surface area (Å²) in [7, 11) is 0. The molecular weight excluding hydrogens is 242 g/mol. The average Bonchev–Trinajstić information content (AvgIpc) is 2.43. The van der Waals surface area contributed by atoms with Crippen LogP contribution in [0.4, 0.5) is 0 Å². The minimum Gasteiger partial charge on any atom is -0.327 e. The molecule has 2 N–H and O–H groups in total. The monoisotopic (exact) mass is 273 g/mol. The Morgan fingerprint density at radius 3 is 2.35 bits per heavy atom. The van der Waals surface area contributed by atoms with Crippen LogP contribution in [0.1, 0.15) is 70.8 Å². The van der Waals surface area contributed by atoms with Crippen LogP contribution in [-0.4, -0.2) is 6.04 Å². The number of nitrogens with two attached hydrogens (primary N) is 1. The molecule has 1 aromatic carbocycles. The topological polar surface area (TPSA) is 26.0 Å². The lowest BCUT2D eigenvalue weighted by atomic mass is 9.59. The van der Waals surface area contributed by atoms with Gasteiger partial charge in [-0.25, -0.2) is 0 Å². The number of hydrogen-bond donors (Lipinski definition) is 1. The molecule has 20 heavy (non-hydrogen) atoms. The van der Waals surface area contributed by atoms with Gasteiger partial charge in [0.1, 0.15) is 0 Å². The molecule has 1 nitrogen and oxygen atoms in total. The normalized spacial score (nSPS) is 20.1. The Morgan fingerprint density at radius 1 is 1.15 bits per heavy atom. The van der Waals surface area contributed by atoms with Crippen molar-refractivity contribution in [2.75, 3.05) is 0 Å². The van der Waals surface area contributed by atoms with E-state index in [1.54, 1.807) is 0 Å². The minimum absolute atomic E-state index is 0.279. The molecule has 0 amide bonds. The minimum atomic E-state index is 0.279. The molecule has 0 aliphatic heterocycles. The summed E-state index contributed by atoms with van der Waals surface area (Å²) >= 11 is 0. The maximum atomic E-state index is 6.69. The van der Waals surface area contributed by atoms with Crippen molar-refractivity contribution >= 4 is 0 Å². The van der Waals surface area contributed by atoms with Crippen molar-refractivity contribution < 1.29 is 0 Å². The molecule has 2 rings (SSSR count). The summed E-state index contributed by atoms with van der Waals surface area (Å²) in [5.41, 5.74) is 8.45. The molecule has 112 valence electrons. The number of benzene rings is 1. The van der Waals surface area contributed by atoms with E-state index in [-0.39, 0.29) is 5.41 Å². The summed E-state index contributed by atoms with van der Waals surface area (Å²) in [5.74, 6) is 0.811. The van der Waals surface area contributed by atoms with E-state index in [4.69, 9.17) is 5.73 Å². The van der Waals surface area contributed by atoms with Gasteiger partial charge in [0.25, 0.3) is 0 Å². The van der Waals surface area contributed by atoms with Gasteiger partial charge in [0.05, 0.1) is 0 Å². The summed E-state index contributed by atoms with van der Waals surface area (Å²) in [6, 6.07) is 11.3. The van der Waals surface area contributed by atoms with Gasteiger partial charge >= 0.3 is 0 Å². The molecule has 0 bridgehead atoms. The summed E-state index contributed by atoms with van der Waals surface area (Å²) in [5, 5.41) is 0. The van der Waals surface area contributed by atoms with Crippen molar-refractivity contribution in [3.05, 3.63) is 35.9 Å². The van der Waals surface area contributed by atoms with Crippen LogP contribution >= 0.6 is 0 Å². The van der Waals surface area contributed by atoms with Crippen LogP contribution in [0.2, 0.25) is 0 Å². The lowest BCUT2D eigenvalue weighted by Gasteiger charge is -2.48. The van der Waals surface area contributed by atoms with Gasteiger partial charge in [-0.05, 0) is 30.7 Å². The van der Waals surface area contributed by atoms with Crippen molar-refractivity contribution in [1.29, 1.82) is 0 Å². The molecule has 0 saturated heterocycles. The largest absolute Gasteiger partial charge is 0.327 e. The van der Waals surface area contributed by atoms with Crippen LogP contribution in [-0.2, 0) is 5.41 Å². The van der Waals surface area contributed by atoms with Crippen LogP contribution in [0.3, 0.4) is 0 Å². The van der Waals surface area contributed by atoms with Gasteiger partial charge in [0.2, 0.25) is 0 Å². The highest BCUT2D eigenvalue weighted by atomic mass is 14.7. The molecular formula is C19H31N. The number of unbranched alkanes of at least 4 members (excludes halogenated alkanes) is 1. The Labute approximate surface area is 125 Å². The number of hydrogen-bond acceptors (Lipinski definition) is 1. The lowest BCUT2D eigenvalue weighted by molar-refractivity contribution is 0.170. The van der Waals surface area contributed by atoms with Gasteiger partial charge in [0.15, 0.2) is 0 Å². The van der Waals surface area contributed by atoms with Crippen LogP contribution < -0.4 is 5.73 Å². The van der Waals surface area contributed by atoms with Crippen molar-refractivity contribution in [2.24, 2.45) is 11.7 Å². The van der Waals surface area contributed by atoms with E-state index in [1.165, 1.54) is 56.9 Å². The second-order valence-electron chi connectivity index (χ2n) is 6.63. The first-order chi connectivity index (χ1) is 9.73. The van der Waals surface area contributed by atoms with Gasteiger partial charge in [0, 0.05) is 11.5 Å². The van der Waals surface area contributed by atoms with Crippen molar-refractivity contribution in [3.8, 4) is 0 Å². The summed E-state index contributed by atoms with van der Waals surface area (Å²) < 4.78 is 0. The van der Waals surface area contributed by atoms with E-state index in [1.807, 2.05) is 0 Å². The lowest BCUT2D eigenvalue weighted by Crippen LogP contribution is -2.51. The molecule has 1 fully saturated rings. The van der Waals surface area contributed by atoms with E-state index < -0.39 is 0 Å². The Bertz CT molecular complexity index is 380. The summed E-state index contributed by atoms with van der Waals surface area (Å²) in [4.78, 5) is 0. The van der Waals surface area contributed by atoms with E-state index >= 15 is 0 Å². The molecule has 1 aliphatic carbocycles. The molecule has 2 unspecified atom stereocenters. The van der Waals surface area contributed by atoms with Crippen molar-refractivity contribution in [3.63, 3.8) is 0 Å².